The van der Waals surface area contributed by atoms with Gasteiger partial charge < -0.3 is 15.4 Å². The number of nitrogens with zero attached hydrogens (tertiary/aromatic N) is 2. The highest BCUT2D eigenvalue weighted by molar-refractivity contribution is 6.21. The van der Waals surface area contributed by atoms with Crippen LogP contribution in [0.25, 0.3) is 32.7 Å². The molecule has 0 spiro atoms. The van der Waals surface area contributed by atoms with Crippen molar-refractivity contribution in [2.45, 2.75) is 6.61 Å². The summed E-state index contributed by atoms with van der Waals surface area (Å²) in [5.41, 5.74) is 4.72. The number of aliphatic hydroxyl groups excluding tert-OH is 1. The molecule has 3 aromatic heterocycles. The number of nitrogens with one attached hydrogen (secondary N) is 2. The van der Waals surface area contributed by atoms with E-state index in [0.717, 1.165) is 49.8 Å². The highest BCUT2D eigenvalue weighted by Crippen LogP contribution is 2.35. The lowest BCUT2D eigenvalue weighted by Crippen LogP contribution is -1.96. The minimum atomic E-state index is 0.0355. The maximum Gasteiger partial charge on any atom is 0.155 e. The largest absolute Gasteiger partial charge is 0.392 e. The fourth-order valence-corrected chi connectivity index (χ4v) is 3.37. The van der Waals surface area contributed by atoms with Gasteiger partial charge in [-0.15, -0.1) is 0 Å². The molecule has 3 N–H and O–H groups in total. The summed E-state index contributed by atoms with van der Waals surface area (Å²) in [7, 11) is 0. The van der Waals surface area contributed by atoms with Crippen LogP contribution in [-0.4, -0.2) is 20.1 Å². The minimum Gasteiger partial charge on any atom is -0.392 e. The Morgan fingerprint density at radius 2 is 1.81 bits per heavy atom. The van der Waals surface area contributed by atoms with Crippen LogP contribution in [0.5, 0.6) is 0 Å². The van der Waals surface area contributed by atoms with E-state index in [9.17, 15) is 5.11 Å². The topological polar surface area (TPSA) is 73.8 Å². The average Bonchev–Trinajstić information content (AvgIpc) is 3.09. The monoisotopic (exact) mass is 340 g/mol. The summed E-state index contributed by atoms with van der Waals surface area (Å²) in [6.45, 7) is 0.0355. The highest BCUT2D eigenvalue weighted by atomic mass is 16.3. The van der Waals surface area contributed by atoms with Gasteiger partial charge >= 0.3 is 0 Å². The molecule has 126 valence electrons. The van der Waals surface area contributed by atoms with Crippen LogP contribution in [0.3, 0.4) is 0 Å². The van der Waals surface area contributed by atoms with E-state index >= 15 is 0 Å². The Bertz CT molecular complexity index is 1240. The van der Waals surface area contributed by atoms with Crippen molar-refractivity contribution >= 4 is 44.2 Å². The molecule has 0 bridgehead atoms. The Morgan fingerprint density at radius 3 is 2.65 bits per heavy atom. The first-order valence-corrected chi connectivity index (χ1v) is 8.44. The SMILES string of the molecule is OCc1ccc(Nc2nc3ccccc3c3c2[nH]c2ccncc23)cc1. The zero-order valence-electron chi connectivity index (χ0n) is 13.9. The number of aromatic nitrogens is 3. The third-order valence-corrected chi connectivity index (χ3v) is 4.64. The number of H-pyrrole nitrogens is 1. The van der Waals surface area contributed by atoms with E-state index in [-0.39, 0.29) is 6.61 Å². The number of para-hydroxylation sites is 1. The van der Waals surface area contributed by atoms with Crippen molar-refractivity contribution in [1.82, 2.24) is 15.0 Å². The molecular formula is C21H16N4O. The van der Waals surface area contributed by atoms with Crippen LogP contribution in [0.4, 0.5) is 11.5 Å². The van der Waals surface area contributed by atoms with Gasteiger partial charge in [-0.2, -0.15) is 0 Å². The van der Waals surface area contributed by atoms with Gasteiger partial charge in [-0.3, -0.25) is 4.98 Å². The lowest BCUT2D eigenvalue weighted by molar-refractivity contribution is 0.282. The number of rotatable bonds is 3. The van der Waals surface area contributed by atoms with E-state index in [1.165, 1.54) is 0 Å². The Kier molecular flexibility index (Phi) is 3.33. The summed E-state index contributed by atoms with van der Waals surface area (Å²) in [6.07, 6.45) is 3.68. The second kappa shape index (κ2) is 5.82. The molecule has 5 heteroatoms. The standard InChI is InChI=1S/C21H16N4O/c26-12-13-5-7-14(8-6-13)23-21-20-19(15-3-1-2-4-17(15)25-21)16-11-22-10-9-18(16)24-20/h1-11,24,26H,12H2,(H,23,25). The van der Waals surface area contributed by atoms with Crippen LogP contribution in [-0.2, 0) is 6.61 Å². The van der Waals surface area contributed by atoms with Gasteiger partial charge in [0.25, 0.3) is 0 Å². The van der Waals surface area contributed by atoms with Gasteiger partial charge in [-0.05, 0) is 29.8 Å². The van der Waals surface area contributed by atoms with Gasteiger partial charge in [0, 0.05) is 39.8 Å². The predicted molar refractivity (Wildman–Crippen MR) is 105 cm³/mol. The summed E-state index contributed by atoms with van der Waals surface area (Å²) in [4.78, 5) is 12.6. The third-order valence-electron chi connectivity index (χ3n) is 4.64. The highest BCUT2D eigenvalue weighted by Gasteiger charge is 2.14. The first-order chi connectivity index (χ1) is 12.8. The molecule has 0 saturated carbocycles. The number of benzene rings is 2. The molecule has 0 fully saturated rings. The molecule has 0 atom stereocenters. The molecule has 0 aliphatic carbocycles. The fraction of sp³-hybridized carbons (Fsp3) is 0.0476. The quantitative estimate of drug-likeness (QED) is 0.452. The van der Waals surface area contributed by atoms with E-state index < -0.39 is 0 Å². The summed E-state index contributed by atoms with van der Waals surface area (Å²) in [6, 6.07) is 17.8. The Morgan fingerprint density at radius 1 is 0.962 bits per heavy atom. The number of aliphatic hydroxyl groups is 1. The molecule has 2 aromatic carbocycles. The van der Waals surface area contributed by atoms with E-state index in [2.05, 4.69) is 21.4 Å². The first kappa shape index (κ1) is 14.9. The molecule has 5 nitrogen and oxygen atoms in total. The molecule has 0 radical (unpaired) electrons. The van der Waals surface area contributed by atoms with Crippen molar-refractivity contribution < 1.29 is 5.11 Å². The number of fused-ring (bicyclic) bond motifs is 5. The molecule has 5 aromatic rings. The maximum absolute atomic E-state index is 9.21. The first-order valence-electron chi connectivity index (χ1n) is 8.44. The summed E-state index contributed by atoms with van der Waals surface area (Å²) < 4.78 is 0. The van der Waals surface area contributed by atoms with Gasteiger partial charge in [0.05, 0.1) is 17.6 Å². The Hall–Kier alpha value is -3.44. The Labute approximate surface area is 149 Å². The van der Waals surface area contributed by atoms with Crippen molar-refractivity contribution in [3.63, 3.8) is 0 Å². The lowest BCUT2D eigenvalue weighted by atomic mass is 10.1. The van der Waals surface area contributed by atoms with Crippen LogP contribution >= 0.6 is 0 Å². The zero-order chi connectivity index (χ0) is 17.5. The summed E-state index contributed by atoms with van der Waals surface area (Å²) in [5.74, 6) is 0.770. The number of hydrogen-bond donors (Lipinski definition) is 3. The van der Waals surface area contributed by atoms with Gasteiger partial charge in [0.2, 0.25) is 0 Å². The van der Waals surface area contributed by atoms with E-state index in [4.69, 9.17) is 4.98 Å². The molecular weight excluding hydrogens is 324 g/mol. The number of pyridine rings is 2. The van der Waals surface area contributed by atoms with Crippen molar-refractivity contribution in [2.75, 3.05) is 5.32 Å². The lowest BCUT2D eigenvalue weighted by Gasteiger charge is -2.10. The normalized spacial score (nSPS) is 11.4. The Balaban J connectivity index is 1.77. The van der Waals surface area contributed by atoms with E-state index in [1.807, 2.05) is 54.7 Å². The third kappa shape index (κ3) is 2.29. The second-order valence-electron chi connectivity index (χ2n) is 6.25. The van der Waals surface area contributed by atoms with E-state index in [0.29, 0.717) is 0 Å². The van der Waals surface area contributed by atoms with Crippen LogP contribution in [0, 0.1) is 0 Å². The molecule has 0 aliphatic heterocycles. The van der Waals surface area contributed by atoms with Crippen molar-refractivity contribution in [2.24, 2.45) is 0 Å². The molecule has 0 aliphatic rings. The van der Waals surface area contributed by atoms with Gasteiger partial charge in [0.15, 0.2) is 5.82 Å². The summed E-state index contributed by atoms with van der Waals surface area (Å²) >= 11 is 0. The number of aromatic amines is 1. The smallest absolute Gasteiger partial charge is 0.155 e. The molecule has 26 heavy (non-hydrogen) atoms. The number of anilines is 2. The number of hydrogen-bond acceptors (Lipinski definition) is 4. The minimum absolute atomic E-state index is 0.0355. The fourth-order valence-electron chi connectivity index (χ4n) is 3.37. The second-order valence-corrected chi connectivity index (χ2v) is 6.25. The molecule has 0 unspecified atom stereocenters. The predicted octanol–water partition coefficient (Wildman–Crippen LogP) is 4.50. The van der Waals surface area contributed by atoms with Gasteiger partial charge in [0.1, 0.15) is 0 Å². The van der Waals surface area contributed by atoms with Crippen LogP contribution in [0.1, 0.15) is 5.56 Å². The van der Waals surface area contributed by atoms with Gasteiger partial charge in [-0.1, -0.05) is 30.3 Å². The molecule has 0 saturated heterocycles. The van der Waals surface area contributed by atoms with Gasteiger partial charge in [-0.25, -0.2) is 4.98 Å². The van der Waals surface area contributed by atoms with Crippen LogP contribution < -0.4 is 5.32 Å². The maximum atomic E-state index is 9.21. The van der Waals surface area contributed by atoms with Crippen molar-refractivity contribution in [3.8, 4) is 0 Å². The average molecular weight is 340 g/mol. The zero-order valence-corrected chi connectivity index (χ0v) is 13.9. The van der Waals surface area contributed by atoms with Crippen molar-refractivity contribution in [3.05, 3.63) is 72.6 Å². The summed E-state index contributed by atoms with van der Waals surface area (Å²) in [5, 5.41) is 15.9. The van der Waals surface area contributed by atoms with Crippen LogP contribution in [0.15, 0.2) is 67.0 Å². The molecule has 5 rings (SSSR count). The van der Waals surface area contributed by atoms with E-state index in [1.54, 1.807) is 6.20 Å². The van der Waals surface area contributed by atoms with Crippen molar-refractivity contribution in [1.29, 1.82) is 0 Å². The molecule has 3 heterocycles. The van der Waals surface area contributed by atoms with Crippen LogP contribution in [0.2, 0.25) is 0 Å². The molecule has 0 amide bonds.